The summed E-state index contributed by atoms with van der Waals surface area (Å²) in [4.78, 5) is 11.3. The first-order valence-corrected chi connectivity index (χ1v) is 5.21. The Morgan fingerprint density at radius 1 is 1.31 bits per heavy atom. The lowest BCUT2D eigenvalue weighted by molar-refractivity contribution is -0.151. The zero-order valence-corrected chi connectivity index (χ0v) is 10.6. The third-order valence-electron chi connectivity index (χ3n) is 2.66. The topological polar surface area (TPSA) is 95.9 Å². The van der Waals surface area contributed by atoms with Crippen LogP contribution in [0.3, 0.4) is 0 Å². The number of carbonyl (C=O) groups is 1. The monoisotopic (exact) mass is 230 g/mol. The van der Waals surface area contributed by atoms with Gasteiger partial charge in [0.2, 0.25) is 0 Å². The predicted molar refractivity (Wildman–Crippen MR) is 62.4 cm³/mol. The molecule has 16 heavy (non-hydrogen) atoms. The molecule has 0 fully saturated rings. The molecule has 1 atom stereocenters. The van der Waals surface area contributed by atoms with Gasteiger partial charge in [-0.1, -0.05) is 39.8 Å². The predicted octanol–water partition coefficient (Wildman–Crippen LogP) is 1.90. The van der Waals surface area contributed by atoms with E-state index in [9.17, 15) is 9.90 Å². The van der Waals surface area contributed by atoms with Crippen LogP contribution in [0.15, 0.2) is 5.16 Å². The molecule has 0 saturated heterocycles. The van der Waals surface area contributed by atoms with E-state index < -0.39 is 17.3 Å². The van der Waals surface area contributed by atoms with Crippen molar-refractivity contribution in [1.29, 1.82) is 0 Å². The molecule has 0 aliphatic carbocycles. The van der Waals surface area contributed by atoms with E-state index in [0.717, 1.165) is 0 Å². The standard InChI is InChI=1S/C11H22N2O3/c1-10(2,3)8(9(14)15)11(4,5)6-7(12)13-16/h8,16H,6H2,1-5H3,(H2,12,13)(H,14,15). The summed E-state index contributed by atoms with van der Waals surface area (Å²) in [6.45, 7) is 9.25. The second-order valence-electron chi connectivity index (χ2n) is 5.89. The summed E-state index contributed by atoms with van der Waals surface area (Å²) >= 11 is 0. The van der Waals surface area contributed by atoms with Crippen molar-refractivity contribution in [3.05, 3.63) is 0 Å². The molecule has 0 aliphatic rings. The lowest BCUT2D eigenvalue weighted by Gasteiger charge is -2.39. The lowest BCUT2D eigenvalue weighted by atomic mass is 9.64. The number of nitrogens with two attached hydrogens (primary N) is 1. The number of amidine groups is 1. The quantitative estimate of drug-likeness (QED) is 0.297. The molecule has 0 heterocycles. The highest BCUT2D eigenvalue weighted by atomic mass is 16.4. The van der Waals surface area contributed by atoms with Gasteiger partial charge in [0.15, 0.2) is 0 Å². The largest absolute Gasteiger partial charge is 0.481 e. The molecule has 0 amide bonds. The van der Waals surface area contributed by atoms with Gasteiger partial charge in [-0.3, -0.25) is 4.79 Å². The van der Waals surface area contributed by atoms with Crippen molar-refractivity contribution in [3.8, 4) is 0 Å². The van der Waals surface area contributed by atoms with Crippen LogP contribution < -0.4 is 5.73 Å². The van der Waals surface area contributed by atoms with Gasteiger partial charge in [-0.25, -0.2) is 0 Å². The van der Waals surface area contributed by atoms with Crippen molar-refractivity contribution in [2.75, 3.05) is 0 Å². The van der Waals surface area contributed by atoms with E-state index in [2.05, 4.69) is 5.16 Å². The van der Waals surface area contributed by atoms with E-state index in [-0.39, 0.29) is 17.7 Å². The normalized spacial score (nSPS) is 15.9. The number of hydrogen-bond donors (Lipinski definition) is 3. The second-order valence-corrected chi connectivity index (χ2v) is 5.89. The number of carboxylic acid groups (broad SMARTS) is 1. The minimum atomic E-state index is -0.858. The molecule has 5 nitrogen and oxygen atoms in total. The third kappa shape index (κ3) is 3.72. The molecule has 0 aromatic heterocycles. The molecule has 5 heteroatoms. The molecule has 1 unspecified atom stereocenters. The van der Waals surface area contributed by atoms with Crippen LogP contribution in [0, 0.1) is 16.7 Å². The van der Waals surface area contributed by atoms with Crippen molar-refractivity contribution in [3.63, 3.8) is 0 Å². The fourth-order valence-corrected chi connectivity index (χ4v) is 2.48. The highest BCUT2D eigenvalue weighted by Crippen LogP contribution is 2.42. The highest BCUT2D eigenvalue weighted by molar-refractivity contribution is 5.81. The maximum absolute atomic E-state index is 11.3. The highest BCUT2D eigenvalue weighted by Gasteiger charge is 2.43. The van der Waals surface area contributed by atoms with Gasteiger partial charge in [0.25, 0.3) is 0 Å². The van der Waals surface area contributed by atoms with Gasteiger partial charge in [0, 0.05) is 6.42 Å². The summed E-state index contributed by atoms with van der Waals surface area (Å²) in [5, 5.41) is 20.7. The molecule has 0 radical (unpaired) electrons. The Bertz CT molecular complexity index is 290. The van der Waals surface area contributed by atoms with Crippen LogP contribution >= 0.6 is 0 Å². The van der Waals surface area contributed by atoms with E-state index in [1.165, 1.54) is 0 Å². The van der Waals surface area contributed by atoms with Gasteiger partial charge in [-0.15, -0.1) is 0 Å². The summed E-state index contributed by atoms with van der Waals surface area (Å²) in [7, 11) is 0. The first-order chi connectivity index (χ1) is 7.02. The minimum absolute atomic E-state index is 0.0560. The van der Waals surface area contributed by atoms with Crippen molar-refractivity contribution < 1.29 is 15.1 Å². The first-order valence-electron chi connectivity index (χ1n) is 5.21. The Labute approximate surface area is 96.3 Å². The van der Waals surface area contributed by atoms with Gasteiger partial charge < -0.3 is 16.0 Å². The van der Waals surface area contributed by atoms with E-state index in [1.807, 2.05) is 34.6 Å². The van der Waals surface area contributed by atoms with Gasteiger partial charge >= 0.3 is 5.97 Å². The lowest BCUT2D eigenvalue weighted by Crippen LogP contribution is -2.42. The third-order valence-corrected chi connectivity index (χ3v) is 2.66. The van der Waals surface area contributed by atoms with Crippen LogP contribution in [0.5, 0.6) is 0 Å². The Morgan fingerprint density at radius 3 is 2.00 bits per heavy atom. The Balaban J connectivity index is 5.14. The molecule has 0 bridgehead atoms. The summed E-state index contributed by atoms with van der Waals surface area (Å²) < 4.78 is 0. The molecule has 0 rings (SSSR count). The van der Waals surface area contributed by atoms with Gasteiger partial charge in [-0.2, -0.15) is 0 Å². The van der Waals surface area contributed by atoms with Crippen molar-refractivity contribution in [2.45, 2.75) is 41.0 Å². The summed E-state index contributed by atoms with van der Waals surface area (Å²) in [5.41, 5.74) is 4.49. The number of aliphatic carboxylic acids is 1. The maximum atomic E-state index is 11.3. The van der Waals surface area contributed by atoms with E-state index in [0.29, 0.717) is 0 Å². The van der Waals surface area contributed by atoms with Crippen LogP contribution in [-0.4, -0.2) is 22.1 Å². The van der Waals surface area contributed by atoms with Gasteiger partial charge in [0.05, 0.1) is 5.92 Å². The summed E-state index contributed by atoms with van der Waals surface area (Å²) in [6.07, 6.45) is 0.248. The molecule has 0 aromatic carbocycles. The van der Waals surface area contributed by atoms with Crippen molar-refractivity contribution in [1.82, 2.24) is 0 Å². The summed E-state index contributed by atoms with van der Waals surface area (Å²) in [6, 6.07) is 0. The molecule has 0 aromatic rings. The zero-order chi connectivity index (χ0) is 13.1. The zero-order valence-electron chi connectivity index (χ0n) is 10.6. The number of carboxylic acids is 1. The molecule has 0 spiro atoms. The molecule has 4 N–H and O–H groups in total. The maximum Gasteiger partial charge on any atom is 0.307 e. The number of nitrogens with zero attached hydrogens (tertiary/aromatic N) is 1. The van der Waals surface area contributed by atoms with Gasteiger partial charge in [0.1, 0.15) is 5.84 Å². The molecule has 0 aliphatic heterocycles. The summed E-state index contributed by atoms with van der Waals surface area (Å²) in [5.74, 6) is -1.37. The van der Waals surface area contributed by atoms with E-state index in [4.69, 9.17) is 10.9 Å². The van der Waals surface area contributed by atoms with E-state index >= 15 is 0 Å². The fourth-order valence-electron chi connectivity index (χ4n) is 2.48. The first kappa shape index (κ1) is 14.7. The van der Waals surface area contributed by atoms with Crippen LogP contribution in [0.25, 0.3) is 0 Å². The Morgan fingerprint density at radius 2 is 1.75 bits per heavy atom. The van der Waals surface area contributed by atoms with E-state index in [1.54, 1.807) is 0 Å². The molecular weight excluding hydrogens is 208 g/mol. The molecule has 0 saturated carbocycles. The Kier molecular flexibility index (Phi) is 4.35. The number of oxime groups is 1. The number of hydrogen-bond acceptors (Lipinski definition) is 3. The number of rotatable bonds is 4. The van der Waals surface area contributed by atoms with Crippen LogP contribution in [0.2, 0.25) is 0 Å². The van der Waals surface area contributed by atoms with Crippen LogP contribution in [-0.2, 0) is 4.79 Å². The smallest absolute Gasteiger partial charge is 0.307 e. The minimum Gasteiger partial charge on any atom is -0.481 e. The van der Waals surface area contributed by atoms with Crippen molar-refractivity contribution >= 4 is 11.8 Å². The molecular formula is C11H22N2O3. The fraction of sp³-hybridized carbons (Fsp3) is 0.818. The average molecular weight is 230 g/mol. The second kappa shape index (κ2) is 4.72. The average Bonchev–Trinajstić information content (AvgIpc) is 1.97. The van der Waals surface area contributed by atoms with Crippen LogP contribution in [0.4, 0.5) is 0 Å². The molecule has 94 valence electrons. The SMILES string of the molecule is CC(C)(C)C(C(=O)O)C(C)(C)CC(N)=NO. The van der Waals surface area contributed by atoms with Gasteiger partial charge in [-0.05, 0) is 10.8 Å². The van der Waals surface area contributed by atoms with Crippen LogP contribution in [0.1, 0.15) is 41.0 Å². The Hall–Kier alpha value is -1.26. The van der Waals surface area contributed by atoms with Crippen molar-refractivity contribution in [2.24, 2.45) is 27.6 Å².